The van der Waals surface area contributed by atoms with Gasteiger partial charge >= 0.3 is 0 Å². The number of amides is 1. The minimum absolute atomic E-state index is 0. The van der Waals surface area contributed by atoms with Crippen LogP contribution in [0.1, 0.15) is 219 Å². The van der Waals surface area contributed by atoms with E-state index in [1.807, 2.05) is 6.20 Å². The Bertz CT molecular complexity index is 729. The van der Waals surface area contributed by atoms with Crippen LogP contribution in [-0.2, 0) is 4.79 Å². The minimum atomic E-state index is 0. The van der Waals surface area contributed by atoms with E-state index < -0.39 is 0 Å². The number of carbonyl (C=O) groups is 1. The van der Waals surface area contributed by atoms with Gasteiger partial charge in [0.15, 0.2) is 0 Å². The van der Waals surface area contributed by atoms with Crippen LogP contribution in [0.4, 0.5) is 0 Å². The molecule has 0 aromatic rings. The Morgan fingerprint density at radius 2 is 0.915 bits per heavy atom. The summed E-state index contributed by atoms with van der Waals surface area (Å²) in [5.41, 5.74) is 0. The summed E-state index contributed by atoms with van der Waals surface area (Å²) in [6, 6.07) is 0. The van der Waals surface area contributed by atoms with E-state index in [0.29, 0.717) is 6.42 Å². The molecule has 0 radical (unpaired) electrons. The second-order valence-electron chi connectivity index (χ2n) is 14.6. The predicted molar refractivity (Wildman–Crippen MR) is 207 cm³/mol. The third kappa shape index (κ3) is 30.0. The van der Waals surface area contributed by atoms with Crippen LogP contribution in [-0.4, -0.2) is 36.4 Å². The molecular weight excluding hydrogens is 621 g/mol. The molecule has 1 N–H and O–H groups in total. The number of carbonyl (C=O) groups excluding carboxylic acids is 1. The Morgan fingerprint density at radius 1 is 0.574 bits per heavy atom. The summed E-state index contributed by atoms with van der Waals surface area (Å²) < 4.78 is 0.762. The third-order valence-electron chi connectivity index (χ3n) is 10.1. The zero-order valence-electron chi connectivity index (χ0n) is 31.8. The summed E-state index contributed by atoms with van der Waals surface area (Å²) in [5, 5.41) is 3.18. The minimum Gasteiger partial charge on any atom is -1.00 e. The van der Waals surface area contributed by atoms with Crippen molar-refractivity contribution in [3.05, 3.63) is 12.4 Å². The zero-order valence-corrected chi connectivity index (χ0v) is 33.4. The van der Waals surface area contributed by atoms with E-state index in [1.54, 1.807) is 0 Å². The number of aliphatic imine (C=N–C) groups is 1. The summed E-state index contributed by atoms with van der Waals surface area (Å²) in [4.78, 5) is 17.1. The molecule has 0 aliphatic carbocycles. The number of quaternary nitrogens is 1. The average Bonchev–Trinajstić information content (AvgIpc) is 3.40. The van der Waals surface area contributed by atoms with Gasteiger partial charge in [-0.2, -0.15) is 0 Å². The third-order valence-corrected chi connectivity index (χ3v) is 10.1. The van der Waals surface area contributed by atoms with Gasteiger partial charge in [0, 0.05) is 12.8 Å². The Labute approximate surface area is 307 Å². The van der Waals surface area contributed by atoms with Gasteiger partial charge in [0.25, 0.3) is 0 Å². The van der Waals surface area contributed by atoms with Gasteiger partial charge in [-0.3, -0.25) is 9.28 Å². The van der Waals surface area contributed by atoms with Gasteiger partial charge in [-0.1, -0.05) is 194 Å². The fraction of sp³-hybridized carbons (Fsp3) is 0.902. The van der Waals surface area contributed by atoms with Crippen LogP contribution in [0.25, 0.3) is 0 Å². The van der Waals surface area contributed by atoms with E-state index in [0.717, 1.165) is 30.4 Å². The molecule has 0 aromatic heterocycles. The van der Waals surface area contributed by atoms with Gasteiger partial charge in [0.1, 0.15) is 12.7 Å². The van der Waals surface area contributed by atoms with Gasteiger partial charge in [0.2, 0.25) is 11.7 Å². The molecule has 4 nitrogen and oxygen atoms in total. The lowest BCUT2D eigenvalue weighted by Crippen LogP contribution is -3.00. The van der Waals surface area contributed by atoms with Crippen LogP contribution in [0.3, 0.4) is 0 Å². The topological polar surface area (TPSA) is 41.5 Å². The zero-order chi connectivity index (χ0) is 32.5. The van der Waals surface area contributed by atoms with Crippen molar-refractivity contribution in [2.75, 3.05) is 20.1 Å². The van der Waals surface area contributed by atoms with Crippen LogP contribution in [0.5, 0.6) is 0 Å². The maximum atomic E-state index is 12.4. The van der Waals surface area contributed by atoms with Gasteiger partial charge < -0.3 is 17.7 Å². The number of likely N-dealkylation sites (N-methyl/N-ethyl adjacent to an activating group) is 1. The van der Waals surface area contributed by atoms with E-state index in [1.165, 1.54) is 192 Å². The largest absolute Gasteiger partial charge is 1.00 e. The van der Waals surface area contributed by atoms with E-state index in [2.05, 4.69) is 32.4 Å². The predicted octanol–water partition coefficient (Wildman–Crippen LogP) is 10.4. The molecule has 280 valence electrons. The van der Waals surface area contributed by atoms with Crippen molar-refractivity contribution in [3.63, 3.8) is 0 Å². The quantitative estimate of drug-likeness (QED) is 0.0518. The van der Waals surface area contributed by atoms with Crippen molar-refractivity contribution in [1.29, 1.82) is 0 Å². The van der Waals surface area contributed by atoms with E-state index >= 15 is 0 Å². The first-order valence-electron chi connectivity index (χ1n) is 20.5. The van der Waals surface area contributed by atoms with Gasteiger partial charge in [0.05, 0.1) is 19.8 Å². The van der Waals surface area contributed by atoms with Crippen LogP contribution in [0, 0.1) is 0 Å². The summed E-state index contributed by atoms with van der Waals surface area (Å²) in [5.74, 6) is 1.49. The van der Waals surface area contributed by atoms with Crippen molar-refractivity contribution in [2.24, 2.45) is 4.99 Å². The molecule has 1 aliphatic heterocycles. The maximum Gasteiger partial charge on any atom is 0.220 e. The molecule has 0 aromatic carbocycles. The Balaban J connectivity index is 0. The lowest BCUT2D eigenvalue weighted by molar-refractivity contribution is -0.763. The molecular formula is C41H81Cl2N3O. The molecule has 0 saturated heterocycles. The smallest absolute Gasteiger partial charge is 0.220 e. The number of unbranched alkanes of at least 4 members (excludes halogenated alkanes) is 28. The number of nitrogens with zero attached hydrogens (tertiary/aromatic N) is 2. The number of halogens is 2. The van der Waals surface area contributed by atoms with Crippen LogP contribution >= 0.6 is 12.4 Å². The summed E-state index contributed by atoms with van der Waals surface area (Å²) in [6.45, 7) is 6.22. The van der Waals surface area contributed by atoms with E-state index in [9.17, 15) is 4.79 Å². The maximum absolute atomic E-state index is 12.4. The van der Waals surface area contributed by atoms with Crippen molar-refractivity contribution in [3.8, 4) is 0 Å². The van der Waals surface area contributed by atoms with Gasteiger partial charge in [-0.15, -0.1) is 12.4 Å². The van der Waals surface area contributed by atoms with E-state index in [-0.39, 0.29) is 30.7 Å². The van der Waals surface area contributed by atoms with Gasteiger partial charge in [-0.25, -0.2) is 4.99 Å². The summed E-state index contributed by atoms with van der Waals surface area (Å²) in [7, 11) is 2.24. The lowest BCUT2D eigenvalue weighted by Gasteiger charge is -2.27. The van der Waals surface area contributed by atoms with Crippen LogP contribution < -0.4 is 17.7 Å². The summed E-state index contributed by atoms with van der Waals surface area (Å²) >= 11 is 0. The number of hydrogen-bond acceptors (Lipinski definition) is 2. The van der Waals surface area contributed by atoms with Crippen molar-refractivity contribution in [1.82, 2.24) is 5.32 Å². The Hall–Kier alpha value is -0.580. The normalized spacial score (nSPS) is 15.3. The Kier molecular flexibility index (Phi) is 37.9. The second kappa shape index (κ2) is 36.7. The highest BCUT2D eigenvalue weighted by molar-refractivity contribution is 5.85. The van der Waals surface area contributed by atoms with Crippen LogP contribution in [0.2, 0.25) is 0 Å². The highest BCUT2D eigenvalue weighted by Gasteiger charge is 2.29. The molecule has 6 heteroatoms. The lowest BCUT2D eigenvalue weighted by atomic mass is 10.0. The van der Waals surface area contributed by atoms with Crippen molar-refractivity contribution in [2.45, 2.75) is 219 Å². The fourth-order valence-corrected chi connectivity index (χ4v) is 6.84. The van der Waals surface area contributed by atoms with Crippen LogP contribution in [0.15, 0.2) is 17.4 Å². The highest BCUT2D eigenvalue weighted by Crippen LogP contribution is 2.19. The molecule has 1 aliphatic rings. The second-order valence-corrected chi connectivity index (χ2v) is 14.6. The molecule has 0 bridgehead atoms. The fourth-order valence-electron chi connectivity index (χ4n) is 6.84. The number of amidine groups is 1. The van der Waals surface area contributed by atoms with Crippen molar-refractivity contribution < 1.29 is 21.7 Å². The number of hydrogen-bond donors (Lipinski definition) is 1. The summed E-state index contributed by atoms with van der Waals surface area (Å²) in [6.07, 6.45) is 47.3. The number of rotatable bonds is 35. The average molecular weight is 703 g/mol. The highest BCUT2D eigenvalue weighted by atomic mass is 35.5. The SMILES string of the molecule is CCCCCCCCCCCCCCCCCC(=O)NCC[N+]1(C)C=CN=C1CCCCCCCCCCCCCCCCC.Cl.[Cl-]. The molecule has 1 rings (SSSR count). The van der Waals surface area contributed by atoms with Gasteiger partial charge in [-0.05, 0) is 12.8 Å². The number of nitrogens with one attached hydrogen (secondary N) is 1. The molecule has 47 heavy (non-hydrogen) atoms. The molecule has 1 heterocycles. The first-order chi connectivity index (χ1) is 22.1. The Morgan fingerprint density at radius 3 is 1.30 bits per heavy atom. The first kappa shape index (κ1) is 48.5. The van der Waals surface area contributed by atoms with E-state index in [4.69, 9.17) is 4.99 Å². The molecule has 1 atom stereocenters. The molecule has 0 spiro atoms. The monoisotopic (exact) mass is 702 g/mol. The first-order valence-corrected chi connectivity index (χ1v) is 20.5. The molecule has 0 fully saturated rings. The standard InChI is InChI=1S/C41H79N3O.2ClH/c1-4-6-8-10-12-14-16-18-20-22-24-26-28-30-32-34-40-42-36-38-44(40,3)39-37-43-41(45)35-33-31-29-27-25-23-21-19-17-15-13-11-9-7-5-2;;/h36,38H,4-35,37,39H2,1-3H3;2*1H. The molecule has 1 amide bonds. The molecule has 0 saturated carbocycles. The van der Waals surface area contributed by atoms with Crippen molar-refractivity contribution >= 4 is 24.1 Å². The molecule has 1 unspecified atom stereocenters.